The van der Waals surface area contributed by atoms with Gasteiger partial charge in [-0.2, -0.15) is 18.2 Å². The number of hydrogen-bond donors (Lipinski definition) is 0. The molecule has 3 aliphatic rings. The van der Waals surface area contributed by atoms with Crippen molar-refractivity contribution < 1.29 is 36.2 Å². The standard InChI is InChI=1S/C31H32F5N4O4SSi/c1-16-10-40(29(5,46)11-38(16)27(42)44-28(2,3)4)25-19-9-20(31(34,35)36)22(18-7-6-17(32)8-21(18)33)24-23(19)39(26(41)37-25)12-30(15-45-24)13-43-14-30/h6-9,16H,10-15H2,1-5H3/t16-,29+/m1/s1. The zero-order valence-corrected chi connectivity index (χ0v) is 27.7. The summed E-state index contributed by atoms with van der Waals surface area (Å²) in [6.45, 7) is 9.61. The van der Waals surface area contributed by atoms with Crippen molar-refractivity contribution in [1.82, 2.24) is 14.5 Å². The Labute approximate surface area is 269 Å². The van der Waals surface area contributed by atoms with Gasteiger partial charge in [-0.3, -0.25) is 4.57 Å². The third-order valence-corrected chi connectivity index (χ3v) is 10.3. The lowest BCUT2D eigenvalue weighted by Gasteiger charge is -2.51. The molecule has 1 spiro atoms. The molecule has 0 aliphatic carbocycles. The molecule has 0 bridgehead atoms. The highest BCUT2D eigenvalue weighted by Crippen LogP contribution is 2.51. The maximum absolute atomic E-state index is 15.3. The van der Waals surface area contributed by atoms with E-state index in [1.54, 1.807) is 39.5 Å². The first-order valence-corrected chi connectivity index (χ1v) is 16.2. The quantitative estimate of drug-likeness (QED) is 0.250. The molecule has 1 amide bonds. The second-order valence-corrected chi connectivity index (χ2v) is 15.6. The molecule has 4 heterocycles. The zero-order chi connectivity index (χ0) is 33.6. The number of ether oxygens (including phenoxy) is 2. The maximum atomic E-state index is 15.3. The van der Waals surface area contributed by atoms with Crippen molar-refractivity contribution in [2.24, 2.45) is 5.41 Å². The summed E-state index contributed by atoms with van der Waals surface area (Å²) in [6, 6.07) is 2.86. The average molecular weight is 680 g/mol. The minimum absolute atomic E-state index is 0.0104. The van der Waals surface area contributed by atoms with Crippen LogP contribution in [0.3, 0.4) is 0 Å². The van der Waals surface area contributed by atoms with E-state index >= 15 is 4.39 Å². The summed E-state index contributed by atoms with van der Waals surface area (Å²) >= 11 is 1.10. The molecule has 8 nitrogen and oxygen atoms in total. The number of benzene rings is 2. The van der Waals surface area contributed by atoms with Crippen LogP contribution in [0.15, 0.2) is 34.0 Å². The van der Waals surface area contributed by atoms with Gasteiger partial charge in [0.05, 0.1) is 34.5 Å². The van der Waals surface area contributed by atoms with Gasteiger partial charge in [0.1, 0.15) is 23.1 Å². The first-order chi connectivity index (χ1) is 21.3. The fourth-order valence-electron chi connectivity index (χ4n) is 6.26. The summed E-state index contributed by atoms with van der Waals surface area (Å²) in [4.78, 5) is 34.6. The Hall–Kier alpha value is -3.17. The minimum Gasteiger partial charge on any atom is -0.444 e. The van der Waals surface area contributed by atoms with Crippen molar-refractivity contribution in [2.45, 2.75) is 69.0 Å². The van der Waals surface area contributed by atoms with Gasteiger partial charge < -0.3 is 19.3 Å². The Morgan fingerprint density at radius 1 is 1.15 bits per heavy atom. The highest BCUT2D eigenvalue weighted by Gasteiger charge is 2.47. The Balaban J connectivity index is 1.61. The Morgan fingerprint density at radius 2 is 1.85 bits per heavy atom. The summed E-state index contributed by atoms with van der Waals surface area (Å²) in [6.07, 6.45) is -5.51. The van der Waals surface area contributed by atoms with E-state index in [4.69, 9.17) is 9.47 Å². The molecule has 1 aromatic heterocycles. The predicted molar refractivity (Wildman–Crippen MR) is 164 cm³/mol. The van der Waals surface area contributed by atoms with Crippen LogP contribution in [0.25, 0.3) is 22.0 Å². The van der Waals surface area contributed by atoms with Crippen molar-refractivity contribution >= 4 is 44.8 Å². The second kappa shape index (κ2) is 10.9. The average Bonchev–Trinajstić information content (AvgIpc) is 3.09. The summed E-state index contributed by atoms with van der Waals surface area (Å²) < 4.78 is 86.6. The van der Waals surface area contributed by atoms with Crippen LogP contribution >= 0.6 is 11.8 Å². The fraction of sp³-hybridized carbons (Fsp3) is 0.516. The Kier molecular flexibility index (Phi) is 7.79. The van der Waals surface area contributed by atoms with Crippen LogP contribution in [-0.4, -0.2) is 79.6 Å². The van der Waals surface area contributed by atoms with Crippen LogP contribution in [0.4, 0.5) is 32.6 Å². The highest BCUT2D eigenvalue weighted by atomic mass is 32.2. The molecule has 0 saturated carbocycles. The van der Waals surface area contributed by atoms with Gasteiger partial charge in [0, 0.05) is 69.5 Å². The number of carbonyl (C=O) groups excluding carboxylic acids is 1. The first-order valence-electron chi connectivity index (χ1n) is 14.7. The number of carbonyl (C=O) groups is 1. The van der Waals surface area contributed by atoms with Gasteiger partial charge >= 0.3 is 18.0 Å². The molecule has 245 valence electrons. The van der Waals surface area contributed by atoms with Gasteiger partial charge in [-0.25, -0.2) is 18.4 Å². The van der Waals surface area contributed by atoms with Gasteiger partial charge in [-0.05, 0) is 52.8 Å². The van der Waals surface area contributed by atoms with E-state index in [0.717, 1.165) is 30.0 Å². The van der Waals surface area contributed by atoms with Gasteiger partial charge in [-0.15, -0.1) is 11.8 Å². The lowest BCUT2D eigenvalue weighted by molar-refractivity contribution is -0.137. The Bertz CT molecular complexity index is 1800. The smallest absolute Gasteiger partial charge is 0.417 e. The number of aromatic nitrogens is 2. The largest absolute Gasteiger partial charge is 0.444 e. The molecule has 0 unspecified atom stereocenters. The van der Waals surface area contributed by atoms with Gasteiger partial charge in [0.25, 0.3) is 0 Å². The summed E-state index contributed by atoms with van der Waals surface area (Å²) in [5, 5.41) is -1.04. The predicted octanol–water partition coefficient (Wildman–Crippen LogP) is 5.81. The second-order valence-electron chi connectivity index (χ2n) is 13.6. The lowest BCUT2D eigenvalue weighted by atomic mass is 9.88. The molecule has 3 aromatic rings. The first kappa shape index (κ1) is 32.8. The molecule has 6 rings (SSSR count). The zero-order valence-electron chi connectivity index (χ0n) is 25.8. The van der Waals surface area contributed by atoms with Gasteiger partial charge in [0.15, 0.2) is 0 Å². The molecule has 2 aromatic carbocycles. The van der Waals surface area contributed by atoms with Crippen LogP contribution in [0.2, 0.25) is 0 Å². The fourth-order valence-corrected chi connectivity index (χ4v) is 8.06. The van der Waals surface area contributed by atoms with Crippen LogP contribution < -0.4 is 10.6 Å². The van der Waals surface area contributed by atoms with Crippen LogP contribution in [0.5, 0.6) is 0 Å². The SMILES string of the molecule is C[C@@H]1CN(c2nc(=O)n3c4c(c(-c5ccc(F)cc5F)c(C(F)(F)F)cc24)SCC2(COC2)C3)[C@@](C)([Si])CN1C(=O)OC(C)(C)C. The van der Waals surface area contributed by atoms with Crippen LogP contribution in [-0.2, 0) is 22.2 Å². The van der Waals surface area contributed by atoms with Crippen molar-refractivity contribution in [3.8, 4) is 11.1 Å². The molecule has 3 radical (unpaired) electrons. The number of piperazine rings is 1. The number of nitrogens with zero attached hydrogens (tertiary/aromatic N) is 4. The van der Waals surface area contributed by atoms with Crippen LogP contribution in [0, 0.1) is 17.0 Å². The number of halogens is 5. The number of amides is 1. The van der Waals surface area contributed by atoms with Crippen LogP contribution in [0.1, 0.15) is 40.2 Å². The third-order valence-electron chi connectivity index (χ3n) is 8.47. The van der Waals surface area contributed by atoms with Gasteiger partial charge in [0.2, 0.25) is 0 Å². The van der Waals surface area contributed by atoms with E-state index < -0.39 is 68.5 Å². The Morgan fingerprint density at radius 3 is 2.43 bits per heavy atom. The molecule has 46 heavy (non-hydrogen) atoms. The summed E-state index contributed by atoms with van der Waals surface area (Å²) in [7, 11) is 3.74. The number of thioether (sulfide) groups is 1. The van der Waals surface area contributed by atoms with Gasteiger partial charge in [-0.1, -0.05) is 0 Å². The highest BCUT2D eigenvalue weighted by molar-refractivity contribution is 7.99. The van der Waals surface area contributed by atoms with E-state index in [9.17, 15) is 27.2 Å². The molecular weight excluding hydrogens is 648 g/mol. The maximum Gasteiger partial charge on any atom is 0.417 e. The van der Waals surface area contributed by atoms with Crippen molar-refractivity contribution in [1.29, 1.82) is 0 Å². The topological polar surface area (TPSA) is 76.9 Å². The number of rotatable bonds is 2. The number of anilines is 1. The van der Waals surface area contributed by atoms with Crippen molar-refractivity contribution in [2.75, 3.05) is 37.0 Å². The van der Waals surface area contributed by atoms with E-state index in [0.29, 0.717) is 25.0 Å². The molecule has 15 heteroatoms. The summed E-state index contributed by atoms with van der Waals surface area (Å²) in [5.74, 6) is -1.80. The summed E-state index contributed by atoms with van der Waals surface area (Å²) in [5.41, 5.74) is -3.84. The lowest BCUT2D eigenvalue weighted by Crippen LogP contribution is -2.66. The van der Waals surface area contributed by atoms with Crippen molar-refractivity contribution in [3.05, 3.63) is 51.9 Å². The number of hydrogen-bond acceptors (Lipinski definition) is 7. The molecular formula is C31H32F5N4O4SSi. The molecule has 2 fully saturated rings. The van der Waals surface area contributed by atoms with Crippen molar-refractivity contribution in [3.63, 3.8) is 0 Å². The minimum atomic E-state index is -4.96. The van der Waals surface area contributed by atoms with E-state index in [-0.39, 0.29) is 41.3 Å². The van der Waals surface area contributed by atoms with E-state index in [2.05, 4.69) is 15.2 Å². The van der Waals surface area contributed by atoms with E-state index in [1.165, 1.54) is 9.47 Å². The third kappa shape index (κ3) is 5.67. The molecule has 2 saturated heterocycles. The normalized spacial score (nSPS) is 23.0. The number of alkyl halides is 3. The molecule has 3 aliphatic heterocycles. The monoisotopic (exact) mass is 679 g/mol. The molecule has 0 N–H and O–H groups in total. The molecule has 2 atom stereocenters. The van der Waals surface area contributed by atoms with E-state index in [1.807, 2.05) is 0 Å².